The number of hydrazine groups is 1. The number of benzene rings is 1. The number of thiocarbonyl (C=S) groups is 1. The van der Waals surface area contributed by atoms with E-state index in [2.05, 4.69) is 16.2 Å². The molecular formula is C14H17N3O3S. The standard InChI is InChI=1S/C14H17N3O3S/c1-2-20-10-13(19)16-17-14(21)15-12(18)9-8-11-6-4-3-5-7-11/h3-9H,2,10H2,1H3,(H,16,19)(H2,15,17,18,21)/b9-8+. The largest absolute Gasteiger partial charge is 0.372 e. The summed E-state index contributed by atoms with van der Waals surface area (Å²) in [5.41, 5.74) is 5.61. The number of carbonyl (C=O) groups excluding carboxylic acids is 2. The van der Waals surface area contributed by atoms with Crippen LogP contribution in [0.15, 0.2) is 36.4 Å². The zero-order valence-electron chi connectivity index (χ0n) is 11.6. The molecule has 0 aliphatic carbocycles. The Bertz CT molecular complexity index is 517. The molecule has 112 valence electrons. The van der Waals surface area contributed by atoms with Gasteiger partial charge in [0.15, 0.2) is 5.11 Å². The van der Waals surface area contributed by atoms with Gasteiger partial charge in [-0.25, -0.2) is 0 Å². The quantitative estimate of drug-likeness (QED) is 0.425. The van der Waals surface area contributed by atoms with Gasteiger partial charge in [0, 0.05) is 12.7 Å². The van der Waals surface area contributed by atoms with E-state index >= 15 is 0 Å². The third-order valence-electron chi connectivity index (χ3n) is 2.22. The minimum absolute atomic E-state index is 0.00237. The van der Waals surface area contributed by atoms with Gasteiger partial charge in [-0.2, -0.15) is 0 Å². The van der Waals surface area contributed by atoms with Gasteiger partial charge >= 0.3 is 0 Å². The van der Waals surface area contributed by atoms with Crippen molar-refractivity contribution in [2.24, 2.45) is 0 Å². The maximum atomic E-state index is 11.6. The fourth-order valence-electron chi connectivity index (χ4n) is 1.28. The molecule has 0 atom stereocenters. The Labute approximate surface area is 128 Å². The monoisotopic (exact) mass is 307 g/mol. The molecule has 0 aliphatic heterocycles. The van der Waals surface area contributed by atoms with Gasteiger partial charge in [0.1, 0.15) is 6.61 Å². The van der Waals surface area contributed by atoms with Crippen molar-refractivity contribution in [1.29, 1.82) is 0 Å². The van der Waals surface area contributed by atoms with E-state index in [0.717, 1.165) is 5.56 Å². The summed E-state index contributed by atoms with van der Waals surface area (Å²) in [6.45, 7) is 2.15. The van der Waals surface area contributed by atoms with Crippen LogP contribution in [0.3, 0.4) is 0 Å². The van der Waals surface area contributed by atoms with Gasteiger partial charge in [0.2, 0.25) is 5.91 Å². The van der Waals surface area contributed by atoms with Crippen LogP contribution >= 0.6 is 12.2 Å². The third kappa shape index (κ3) is 7.81. The molecule has 2 amide bonds. The maximum Gasteiger partial charge on any atom is 0.264 e. The van der Waals surface area contributed by atoms with Crippen LogP contribution < -0.4 is 16.2 Å². The molecule has 0 saturated heterocycles. The summed E-state index contributed by atoms with van der Waals surface area (Å²) >= 11 is 4.86. The smallest absolute Gasteiger partial charge is 0.264 e. The first-order valence-electron chi connectivity index (χ1n) is 6.32. The zero-order chi connectivity index (χ0) is 15.5. The van der Waals surface area contributed by atoms with Crippen LogP contribution in [0.1, 0.15) is 12.5 Å². The molecule has 3 N–H and O–H groups in total. The Morgan fingerprint density at radius 3 is 2.62 bits per heavy atom. The lowest BCUT2D eigenvalue weighted by atomic mass is 10.2. The summed E-state index contributed by atoms with van der Waals surface area (Å²) in [6, 6.07) is 9.37. The third-order valence-corrected chi connectivity index (χ3v) is 2.42. The summed E-state index contributed by atoms with van der Waals surface area (Å²) in [5.74, 6) is -0.774. The molecule has 7 heteroatoms. The van der Waals surface area contributed by atoms with Crippen LogP contribution in [0.25, 0.3) is 6.08 Å². The summed E-state index contributed by atoms with van der Waals surface area (Å²) in [4.78, 5) is 22.8. The molecule has 0 saturated carbocycles. The molecule has 1 rings (SSSR count). The normalized spacial score (nSPS) is 10.1. The van der Waals surface area contributed by atoms with E-state index < -0.39 is 5.91 Å². The van der Waals surface area contributed by atoms with Crippen molar-refractivity contribution in [3.05, 3.63) is 42.0 Å². The Hall–Kier alpha value is -2.25. The molecular weight excluding hydrogens is 290 g/mol. The van der Waals surface area contributed by atoms with Gasteiger partial charge in [-0.15, -0.1) is 0 Å². The van der Waals surface area contributed by atoms with Gasteiger partial charge in [-0.1, -0.05) is 30.3 Å². The highest BCUT2D eigenvalue weighted by Gasteiger charge is 2.03. The van der Waals surface area contributed by atoms with Crippen molar-refractivity contribution in [1.82, 2.24) is 16.2 Å². The molecule has 1 aromatic carbocycles. The molecule has 0 fully saturated rings. The van der Waals surface area contributed by atoms with Gasteiger partial charge in [0.05, 0.1) is 0 Å². The molecule has 21 heavy (non-hydrogen) atoms. The number of carbonyl (C=O) groups is 2. The van der Waals surface area contributed by atoms with Crippen LogP contribution in [0.2, 0.25) is 0 Å². The van der Waals surface area contributed by atoms with Crippen LogP contribution in [0.4, 0.5) is 0 Å². The van der Waals surface area contributed by atoms with Crippen molar-refractivity contribution < 1.29 is 14.3 Å². The molecule has 0 spiro atoms. The minimum atomic E-state index is -0.393. The Morgan fingerprint density at radius 2 is 1.95 bits per heavy atom. The van der Waals surface area contributed by atoms with Crippen molar-refractivity contribution in [3.63, 3.8) is 0 Å². The number of hydrogen-bond acceptors (Lipinski definition) is 4. The van der Waals surface area contributed by atoms with E-state index in [1.807, 2.05) is 30.3 Å². The van der Waals surface area contributed by atoms with Gasteiger partial charge in [-0.3, -0.25) is 25.8 Å². The van der Waals surface area contributed by atoms with Crippen molar-refractivity contribution in [2.75, 3.05) is 13.2 Å². The van der Waals surface area contributed by atoms with Crippen LogP contribution in [0, 0.1) is 0 Å². The second-order valence-electron chi connectivity index (χ2n) is 3.87. The van der Waals surface area contributed by atoms with E-state index in [1.54, 1.807) is 13.0 Å². The number of ether oxygens (including phenoxy) is 1. The number of hydrogen-bond donors (Lipinski definition) is 3. The summed E-state index contributed by atoms with van der Waals surface area (Å²) in [6.07, 6.45) is 3.01. The molecule has 0 bridgehead atoms. The highest BCUT2D eigenvalue weighted by atomic mass is 32.1. The van der Waals surface area contributed by atoms with Crippen LogP contribution in [0.5, 0.6) is 0 Å². The number of nitrogens with one attached hydrogen (secondary N) is 3. The predicted octanol–water partition coefficient (Wildman–Crippen LogP) is 0.758. The first-order valence-corrected chi connectivity index (χ1v) is 6.73. The van der Waals surface area contributed by atoms with Crippen LogP contribution in [-0.2, 0) is 14.3 Å². The van der Waals surface area contributed by atoms with E-state index in [9.17, 15) is 9.59 Å². The molecule has 1 aromatic rings. The average Bonchev–Trinajstić information content (AvgIpc) is 2.50. The van der Waals surface area contributed by atoms with Crippen molar-refractivity contribution >= 4 is 35.2 Å². The van der Waals surface area contributed by atoms with Crippen molar-refractivity contribution in [3.8, 4) is 0 Å². The summed E-state index contributed by atoms with van der Waals surface area (Å²) < 4.78 is 4.90. The van der Waals surface area contributed by atoms with E-state index in [4.69, 9.17) is 17.0 Å². The van der Waals surface area contributed by atoms with Gasteiger partial charge in [0.25, 0.3) is 5.91 Å². The fraction of sp³-hybridized carbons (Fsp3) is 0.214. The first kappa shape index (κ1) is 16.8. The second kappa shape index (κ2) is 9.62. The lowest BCUT2D eigenvalue weighted by Gasteiger charge is -2.09. The molecule has 0 aromatic heterocycles. The highest BCUT2D eigenvalue weighted by Crippen LogP contribution is 2.00. The summed E-state index contributed by atoms with van der Waals surface area (Å²) in [7, 11) is 0. The highest BCUT2D eigenvalue weighted by molar-refractivity contribution is 7.80. The maximum absolute atomic E-state index is 11.6. The molecule has 0 unspecified atom stereocenters. The number of amides is 2. The fourth-order valence-corrected chi connectivity index (χ4v) is 1.43. The van der Waals surface area contributed by atoms with Crippen molar-refractivity contribution in [2.45, 2.75) is 6.92 Å². The summed E-state index contributed by atoms with van der Waals surface area (Å²) in [5, 5.41) is 2.40. The van der Waals surface area contributed by atoms with Crippen LogP contribution in [-0.4, -0.2) is 30.1 Å². The lowest BCUT2D eigenvalue weighted by Crippen LogP contribution is -2.49. The Balaban J connectivity index is 2.29. The van der Waals surface area contributed by atoms with E-state index in [1.165, 1.54) is 6.08 Å². The SMILES string of the molecule is CCOCC(=O)NNC(=S)NC(=O)/C=C/c1ccccc1. The molecule has 0 heterocycles. The molecule has 0 radical (unpaired) electrons. The molecule has 6 nitrogen and oxygen atoms in total. The van der Waals surface area contributed by atoms with E-state index in [-0.39, 0.29) is 17.6 Å². The first-order chi connectivity index (χ1) is 10.1. The zero-order valence-corrected chi connectivity index (χ0v) is 12.4. The van der Waals surface area contributed by atoms with Gasteiger partial charge in [-0.05, 0) is 30.8 Å². The Morgan fingerprint density at radius 1 is 1.24 bits per heavy atom. The minimum Gasteiger partial charge on any atom is -0.372 e. The average molecular weight is 307 g/mol. The second-order valence-corrected chi connectivity index (χ2v) is 4.28. The van der Waals surface area contributed by atoms with E-state index in [0.29, 0.717) is 6.61 Å². The number of rotatable bonds is 5. The lowest BCUT2D eigenvalue weighted by molar-refractivity contribution is -0.126. The molecule has 0 aliphatic rings. The topological polar surface area (TPSA) is 79.5 Å². The van der Waals surface area contributed by atoms with Gasteiger partial charge < -0.3 is 4.74 Å². The predicted molar refractivity (Wildman–Crippen MR) is 84.0 cm³/mol. The Kier molecular flexibility index (Phi) is 7.70.